The first kappa shape index (κ1) is 13.9. The minimum atomic E-state index is -0.0723. The molecule has 2 rings (SSSR count). The van der Waals surface area contributed by atoms with Crippen molar-refractivity contribution in [3.8, 4) is 0 Å². The summed E-state index contributed by atoms with van der Waals surface area (Å²) in [7, 11) is 0. The molecule has 1 unspecified atom stereocenters. The van der Waals surface area contributed by atoms with Gasteiger partial charge in [0.15, 0.2) is 0 Å². The van der Waals surface area contributed by atoms with Crippen molar-refractivity contribution in [2.24, 2.45) is 0 Å². The normalized spacial score (nSPS) is 19.5. The van der Waals surface area contributed by atoms with Crippen molar-refractivity contribution in [2.45, 2.75) is 38.8 Å². The lowest BCUT2D eigenvalue weighted by Gasteiger charge is -2.17. The zero-order valence-corrected chi connectivity index (χ0v) is 11.5. The Labute approximate surface area is 115 Å². The maximum absolute atomic E-state index is 11.9. The first-order valence-corrected chi connectivity index (χ1v) is 7.05. The summed E-state index contributed by atoms with van der Waals surface area (Å²) in [6.07, 6.45) is 3.43. The van der Waals surface area contributed by atoms with E-state index in [1.54, 1.807) is 0 Å². The molecular formula is C15H23N3O. The largest absolute Gasteiger partial charge is 0.334 e. The van der Waals surface area contributed by atoms with Crippen molar-refractivity contribution in [1.82, 2.24) is 16.0 Å². The highest BCUT2D eigenvalue weighted by Gasteiger charge is 2.13. The topological polar surface area (TPSA) is 53.2 Å². The Bertz CT molecular complexity index is 412. The first-order chi connectivity index (χ1) is 9.25. The summed E-state index contributed by atoms with van der Waals surface area (Å²) in [6.45, 7) is 4.57. The second kappa shape index (κ2) is 7.14. The third-order valence-electron chi connectivity index (χ3n) is 3.58. The van der Waals surface area contributed by atoms with Crippen LogP contribution in [-0.2, 0) is 6.54 Å². The van der Waals surface area contributed by atoms with Crippen molar-refractivity contribution < 1.29 is 4.79 Å². The summed E-state index contributed by atoms with van der Waals surface area (Å²) in [5.41, 5.74) is 2.37. The fourth-order valence-corrected chi connectivity index (χ4v) is 2.36. The van der Waals surface area contributed by atoms with Gasteiger partial charge >= 0.3 is 6.03 Å². The van der Waals surface area contributed by atoms with E-state index in [1.165, 1.54) is 18.4 Å². The Morgan fingerprint density at radius 3 is 3.05 bits per heavy atom. The van der Waals surface area contributed by atoms with Crippen molar-refractivity contribution >= 4 is 6.03 Å². The zero-order valence-electron chi connectivity index (χ0n) is 11.5. The predicted octanol–water partition coefficient (Wildman–Crippen LogP) is 1.94. The number of urea groups is 1. The fraction of sp³-hybridized carbons (Fsp3) is 0.533. The maximum atomic E-state index is 11.9. The lowest BCUT2D eigenvalue weighted by Crippen LogP contribution is -2.45. The highest BCUT2D eigenvalue weighted by molar-refractivity contribution is 5.74. The summed E-state index contributed by atoms with van der Waals surface area (Å²) in [5, 5.41) is 9.31. The zero-order chi connectivity index (χ0) is 13.5. The van der Waals surface area contributed by atoms with E-state index in [1.807, 2.05) is 18.2 Å². The van der Waals surface area contributed by atoms with Crippen LogP contribution in [0.1, 0.15) is 30.4 Å². The molecule has 2 amide bonds. The number of benzene rings is 1. The number of hydrogen-bond acceptors (Lipinski definition) is 2. The van der Waals surface area contributed by atoms with Gasteiger partial charge in [0.1, 0.15) is 0 Å². The van der Waals surface area contributed by atoms with Gasteiger partial charge in [0.25, 0.3) is 0 Å². The van der Waals surface area contributed by atoms with E-state index in [9.17, 15) is 4.79 Å². The highest BCUT2D eigenvalue weighted by Crippen LogP contribution is 2.06. The van der Waals surface area contributed by atoms with Crippen molar-refractivity contribution in [3.05, 3.63) is 35.4 Å². The van der Waals surface area contributed by atoms with Crippen LogP contribution in [0, 0.1) is 6.92 Å². The Morgan fingerprint density at radius 1 is 1.37 bits per heavy atom. The number of nitrogens with one attached hydrogen (secondary N) is 3. The van der Waals surface area contributed by atoms with Gasteiger partial charge < -0.3 is 16.0 Å². The molecule has 1 atom stereocenters. The molecule has 1 aromatic carbocycles. The van der Waals surface area contributed by atoms with Gasteiger partial charge in [0, 0.05) is 19.1 Å². The predicted molar refractivity (Wildman–Crippen MR) is 77.1 cm³/mol. The molecule has 0 bridgehead atoms. The molecule has 1 fully saturated rings. The van der Waals surface area contributed by atoms with E-state index >= 15 is 0 Å². The van der Waals surface area contributed by atoms with E-state index in [4.69, 9.17) is 0 Å². The molecule has 1 heterocycles. The standard InChI is InChI=1S/C15H23N3O/c1-12-6-2-3-7-13(12)10-17-15(19)18-14-8-4-5-9-16-11-14/h2-3,6-7,14,16H,4-5,8-11H2,1H3,(H2,17,18,19). The van der Waals surface area contributed by atoms with Gasteiger partial charge in [0.05, 0.1) is 0 Å². The van der Waals surface area contributed by atoms with E-state index in [0.717, 1.165) is 25.1 Å². The van der Waals surface area contributed by atoms with Crippen LogP contribution in [0.15, 0.2) is 24.3 Å². The molecule has 1 aliphatic heterocycles. The molecule has 4 heteroatoms. The van der Waals surface area contributed by atoms with Gasteiger partial charge in [0.2, 0.25) is 0 Å². The van der Waals surface area contributed by atoms with Crippen LogP contribution in [0.2, 0.25) is 0 Å². The lowest BCUT2D eigenvalue weighted by atomic mass is 10.1. The van der Waals surface area contributed by atoms with Crippen LogP contribution in [0.5, 0.6) is 0 Å². The number of carbonyl (C=O) groups is 1. The fourth-order valence-electron chi connectivity index (χ4n) is 2.36. The van der Waals surface area contributed by atoms with Crippen LogP contribution in [0.3, 0.4) is 0 Å². The number of carbonyl (C=O) groups excluding carboxylic acids is 1. The molecule has 1 aliphatic rings. The summed E-state index contributed by atoms with van der Waals surface area (Å²) in [6, 6.07) is 8.29. The molecular weight excluding hydrogens is 238 g/mol. The third kappa shape index (κ3) is 4.56. The van der Waals surface area contributed by atoms with E-state index in [2.05, 4.69) is 28.9 Å². The molecule has 4 nitrogen and oxygen atoms in total. The summed E-state index contributed by atoms with van der Waals surface area (Å²) in [5.74, 6) is 0. The average Bonchev–Trinajstić information content (AvgIpc) is 2.66. The molecule has 0 spiro atoms. The first-order valence-electron chi connectivity index (χ1n) is 7.05. The molecule has 1 saturated heterocycles. The second-order valence-electron chi connectivity index (χ2n) is 5.15. The summed E-state index contributed by atoms with van der Waals surface area (Å²) >= 11 is 0. The number of rotatable bonds is 3. The summed E-state index contributed by atoms with van der Waals surface area (Å²) < 4.78 is 0. The van der Waals surface area contributed by atoms with Crippen LogP contribution >= 0.6 is 0 Å². The van der Waals surface area contributed by atoms with Crippen LogP contribution in [0.4, 0.5) is 4.79 Å². The Hall–Kier alpha value is -1.55. The Morgan fingerprint density at radius 2 is 2.21 bits per heavy atom. The Kier molecular flexibility index (Phi) is 5.21. The SMILES string of the molecule is Cc1ccccc1CNC(=O)NC1CCCCNC1. The molecule has 0 aromatic heterocycles. The lowest BCUT2D eigenvalue weighted by molar-refractivity contribution is 0.236. The van der Waals surface area contributed by atoms with Crippen LogP contribution in [-0.4, -0.2) is 25.2 Å². The molecule has 104 valence electrons. The maximum Gasteiger partial charge on any atom is 0.315 e. The molecule has 0 radical (unpaired) electrons. The van der Waals surface area contributed by atoms with E-state index in [0.29, 0.717) is 6.54 Å². The van der Waals surface area contributed by atoms with Gasteiger partial charge in [-0.25, -0.2) is 4.79 Å². The van der Waals surface area contributed by atoms with Gasteiger partial charge in [-0.1, -0.05) is 30.7 Å². The van der Waals surface area contributed by atoms with Gasteiger partial charge in [-0.2, -0.15) is 0 Å². The average molecular weight is 261 g/mol. The van der Waals surface area contributed by atoms with Crippen LogP contribution in [0.25, 0.3) is 0 Å². The summed E-state index contributed by atoms with van der Waals surface area (Å²) in [4.78, 5) is 11.9. The van der Waals surface area contributed by atoms with Gasteiger partial charge in [-0.05, 0) is 37.4 Å². The van der Waals surface area contributed by atoms with Gasteiger partial charge in [-0.15, -0.1) is 0 Å². The number of amides is 2. The second-order valence-corrected chi connectivity index (χ2v) is 5.15. The molecule has 0 saturated carbocycles. The highest BCUT2D eigenvalue weighted by atomic mass is 16.2. The quantitative estimate of drug-likeness (QED) is 0.779. The van der Waals surface area contributed by atoms with Crippen molar-refractivity contribution in [2.75, 3.05) is 13.1 Å². The van der Waals surface area contributed by atoms with E-state index in [-0.39, 0.29) is 12.1 Å². The molecule has 0 aliphatic carbocycles. The number of aryl methyl sites for hydroxylation is 1. The van der Waals surface area contributed by atoms with Crippen LogP contribution < -0.4 is 16.0 Å². The minimum Gasteiger partial charge on any atom is -0.334 e. The van der Waals surface area contributed by atoms with E-state index < -0.39 is 0 Å². The smallest absolute Gasteiger partial charge is 0.315 e. The molecule has 19 heavy (non-hydrogen) atoms. The van der Waals surface area contributed by atoms with Crippen molar-refractivity contribution in [3.63, 3.8) is 0 Å². The molecule has 3 N–H and O–H groups in total. The molecule has 1 aromatic rings. The van der Waals surface area contributed by atoms with Gasteiger partial charge in [-0.3, -0.25) is 0 Å². The third-order valence-corrected chi connectivity index (χ3v) is 3.58. The number of hydrogen-bond donors (Lipinski definition) is 3. The Balaban J connectivity index is 1.76. The van der Waals surface area contributed by atoms with Crippen molar-refractivity contribution in [1.29, 1.82) is 0 Å². The minimum absolute atomic E-state index is 0.0723. The monoisotopic (exact) mass is 261 g/mol.